The van der Waals surface area contributed by atoms with Gasteiger partial charge in [0, 0.05) is 35.6 Å². The molecule has 0 radical (unpaired) electrons. The SMILES string of the molecule is C.O=c1c2[nH]cnc2c2cccnc2n1-c1ccccc1.O=c1c2c(ncn2Cc2cccnc2)c2cccnc2n1-c1ccccc1. The molecule has 1 N–H and O–H groups in total. The van der Waals surface area contributed by atoms with Crippen molar-refractivity contribution in [2.24, 2.45) is 0 Å². The van der Waals surface area contributed by atoms with E-state index in [1.807, 2.05) is 102 Å². The van der Waals surface area contributed by atoms with Gasteiger partial charge in [-0.3, -0.25) is 23.7 Å². The van der Waals surface area contributed by atoms with E-state index in [9.17, 15) is 9.59 Å². The highest BCUT2D eigenvalue weighted by Gasteiger charge is 2.18. The van der Waals surface area contributed by atoms with E-state index in [0.29, 0.717) is 39.9 Å². The molecule has 0 atom stereocenters. The second kappa shape index (κ2) is 12.6. The summed E-state index contributed by atoms with van der Waals surface area (Å²) in [5.41, 5.74) is 5.89. The number of nitrogens with one attached hydrogen (secondary N) is 1. The van der Waals surface area contributed by atoms with Crippen LogP contribution < -0.4 is 11.1 Å². The van der Waals surface area contributed by atoms with E-state index in [4.69, 9.17) is 0 Å². The lowest BCUT2D eigenvalue weighted by Crippen LogP contribution is -2.22. The summed E-state index contributed by atoms with van der Waals surface area (Å²) in [6.07, 6.45) is 10.1. The van der Waals surface area contributed by atoms with Crippen LogP contribution in [0.4, 0.5) is 0 Å². The van der Waals surface area contributed by atoms with Crippen LogP contribution in [-0.4, -0.2) is 43.6 Å². The maximum atomic E-state index is 13.5. The van der Waals surface area contributed by atoms with E-state index >= 15 is 0 Å². The molecule has 7 aromatic heterocycles. The Labute approximate surface area is 273 Å². The first-order valence-corrected chi connectivity index (χ1v) is 14.9. The molecule has 0 aliphatic heterocycles. The minimum absolute atomic E-state index is 0. The average molecular weight is 632 g/mol. The minimum Gasteiger partial charge on any atom is -0.340 e. The fourth-order valence-electron chi connectivity index (χ4n) is 5.84. The van der Waals surface area contributed by atoms with Gasteiger partial charge in [0.25, 0.3) is 11.1 Å². The molecular formula is C37H29N9O2. The van der Waals surface area contributed by atoms with Crippen LogP contribution in [0.2, 0.25) is 0 Å². The Morgan fingerprint density at radius 1 is 0.604 bits per heavy atom. The van der Waals surface area contributed by atoms with Crippen molar-refractivity contribution in [3.05, 3.63) is 161 Å². The fourth-order valence-corrected chi connectivity index (χ4v) is 5.84. The molecule has 0 unspecified atom stereocenters. The van der Waals surface area contributed by atoms with E-state index in [1.165, 1.54) is 6.33 Å². The highest BCUT2D eigenvalue weighted by Crippen LogP contribution is 2.23. The molecule has 234 valence electrons. The number of aromatic amines is 1. The van der Waals surface area contributed by atoms with Crippen LogP contribution in [0.1, 0.15) is 13.0 Å². The van der Waals surface area contributed by atoms with Gasteiger partial charge in [-0.25, -0.2) is 19.9 Å². The first-order chi connectivity index (χ1) is 23.2. The first kappa shape index (κ1) is 29.9. The van der Waals surface area contributed by atoms with Crippen LogP contribution in [-0.2, 0) is 6.54 Å². The average Bonchev–Trinajstić information content (AvgIpc) is 3.79. The summed E-state index contributed by atoms with van der Waals surface area (Å²) in [5.74, 6) is 0. The van der Waals surface area contributed by atoms with E-state index in [2.05, 4.69) is 29.9 Å². The zero-order valence-corrected chi connectivity index (χ0v) is 24.8. The second-order valence-electron chi connectivity index (χ2n) is 10.8. The van der Waals surface area contributed by atoms with Gasteiger partial charge in [0.05, 0.1) is 30.6 Å². The smallest absolute Gasteiger partial charge is 0.282 e. The molecule has 9 aromatic rings. The Balaban J connectivity index is 0.000000155. The molecule has 0 aliphatic carbocycles. The maximum absolute atomic E-state index is 13.5. The van der Waals surface area contributed by atoms with Gasteiger partial charge < -0.3 is 9.55 Å². The number of benzene rings is 2. The normalized spacial score (nSPS) is 11.0. The van der Waals surface area contributed by atoms with Gasteiger partial charge in [-0.1, -0.05) is 49.9 Å². The van der Waals surface area contributed by atoms with Crippen molar-refractivity contribution < 1.29 is 0 Å². The van der Waals surface area contributed by atoms with Crippen LogP contribution in [0, 0.1) is 0 Å². The Morgan fingerprint density at radius 2 is 1.21 bits per heavy atom. The first-order valence-electron chi connectivity index (χ1n) is 14.9. The predicted molar refractivity (Wildman–Crippen MR) is 188 cm³/mol. The minimum atomic E-state index is -0.144. The number of para-hydroxylation sites is 2. The largest absolute Gasteiger partial charge is 0.340 e. The molecule has 0 saturated carbocycles. The summed E-state index contributed by atoms with van der Waals surface area (Å²) in [5, 5.41) is 1.70. The van der Waals surface area contributed by atoms with Crippen LogP contribution in [0.5, 0.6) is 0 Å². The Morgan fingerprint density at radius 3 is 1.83 bits per heavy atom. The molecular weight excluding hydrogens is 602 g/mol. The number of rotatable bonds is 4. The number of fused-ring (bicyclic) bond motifs is 6. The Hall–Kier alpha value is -6.75. The van der Waals surface area contributed by atoms with Crippen molar-refractivity contribution in [2.75, 3.05) is 0 Å². The topological polar surface area (TPSA) is 129 Å². The zero-order chi connectivity index (χ0) is 31.7. The number of H-pyrrole nitrogens is 1. The molecule has 11 heteroatoms. The van der Waals surface area contributed by atoms with Gasteiger partial charge in [-0.15, -0.1) is 0 Å². The third-order valence-electron chi connectivity index (χ3n) is 7.91. The molecule has 2 aromatic carbocycles. The van der Waals surface area contributed by atoms with Crippen molar-refractivity contribution >= 4 is 44.1 Å². The second-order valence-corrected chi connectivity index (χ2v) is 10.8. The number of hydrogen-bond donors (Lipinski definition) is 1. The fraction of sp³-hybridized carbons (Fsp3) is 0.0541. The van der Waals surface area contributed by atoms with Crippen molar-refractivity contribution in [1.82, 2.24) is 43.6 Å². The number of hydrogen-bond acceptors (Lipinski definition) is 7. The van der Waals surface area contributed by atoms with E-state index in [0.717, 1.165) is 27.7 Å². The molecule has 0 fully saturated rings. The Kier molecular flexibility index (Phi) is 7.84. The highest BCUT2D eigenvalue weighted by atomic mass is 16.1. The lowest BCUT2D eigenvalue weighted by molar-refractivity contribution is 0.812. The van der Waals surface area contributed by atoms with Crippen molar-refractivity contribution in [3.63, 3.8) is 0 Å². The van der Waals surface area contributed by atoms with Crippen LogP contribution >= 0.6 is 0 Å². The van der Waals surface area contributed by atoms with E-state index < -0.39 is 0 Å². The quantitative estimate of drug-likeness (QED) is 0.249. The lowest BCUT2D eigenvalue weighted by Gasteiger charge is -2.11. The highest BCUT2D eigenvalue weighted by molar-refractivity contribution is 6.02. The summed E-state index contributed by atoms with van der Waals surface area (Å²) in [7, 11) is 0. The summed E-state index contributed by atoms with van der Waals surface area (Å²) in [6.45, 7) is 0.528. The molecule has 0 bridgehead atoms. The third kappa shape index (κ3) is 5.09. The van der Waals surface area contributed by atoms with Gasteiger partial charge in [0.1, 0.15) is 33.4 Å². The number of nitrogens with zero attached hydrogens (tertiary/aromatic N) is 8. The van der Waals surface area contributed by atoms with Crippen molar-refractivity contribution in [2.45, 2.75) is 14.0 Å². The van der Waals surface area contributed by atoms with Crippen molar-refractivity contribution in [3.8, 4) is 11.4 Å². The molecule has 9 rings (SSSR count). The summed E-state index contributed by atoms with van der Waals surface area (Å²) < 4.78 is 5.13. The van der Waals surface area contributed by atoms with Gasteiger partial charge in [0.15, 0.2) is 0 Å². The molecule has 0 saturated heterocycles. The molecule has 48 heavy (non-hydrogen) atoms. The number of aromatic nitrogens is 9. The summed E-state index contributed by atoms with van der Waals surface area (Å²) >= 11 is 0. The van der Waals surface area contributed by atoms with Crippen LogP contribution in [0.15, 0.2) is 144 Å². The maximum Gasteiger partial charge on any atom is 0.282 e. The zero-order valence-electron chi connectivity index (χ0n) is 24.8. The van der Waals surface area contributed by atoms with Gasteiger partial charge in [0.2, 0.25) is 0 Å². The molecule has 0 aliphatic rings. The summed E-state index contributed by atoms with van der Waals surface area (Å²) in [6, 6.07) is 30.5. The third-order valence-corrected chi connectivity index (χ3v) is 7.91. The number of pyridine rings is 5. The standard InChI is InChI=1S/C21H15N5O.C15H10N4O.CH4/c27-21-19-18(24-14-25(19)13-15-6-4-10-22-12-15)17-9-5-11-23-20(17)26(21)16-7-2-1-3-8-16;20-15-13-12(17-9-18-13)11-7-4-8-16-14(11)19(15)10-5-2-1-3-6-10;/h1-12,14H,13H2;1-9H,(H,17,18);1H4. The predicted octanol–water partition coefficient (Wildman–Crippen LogP) is 6.08. The van der Waals surface area contributed by atoms with E-state index in [1.54, 1.807) is 40.2 Å². The molecule has 0 amide bonds. The number of imidazole rings is 2. The molecule has 7 heterocycles. The lowest BCUT2D eigenvalue weighted by atomic mass is 10.2. The Bertz CT molecular complexity index is 2640. The van der Waals surface area contributed by atoms with Gasteiger partial charge >= 0.3 is 0 Å². The van der Waals surface area contributed by atoms with E-state index in [-0.39, 0.29) is 18.5 Å². The summed E-state index contributed by atoms with van der Waals surface area (Å²) in [4.78, 5) is 50.8. The van der Waals surface area contributed by atoms with Crippen LogP contribution in [0.25, 0.3) is 55.5 Å². The van der Waals surface area contributed by atoms with Crippen LogP contribution in [0.3, 0.4) is 0 Å². The monoisotopic (exact) mass is 631 g/mol. The molecule has 0 spiro atoms. The molecule has 11 nitrogen and oxygen atoms in total. The van der Waals surface area contributed by atoms with Gasteiger partial charge in [-0.2, -0.15) is 0 Å². The van der Waals surface area contributed by atoms with Crippen molar-refractivity contribution in [1.29, 1.82) is 0 Å². The van der Waals surface area contributed by atoms with Gasteiger partial charge in [-0.05, 0) is 60.2 Å².